The highest BCUT2D eigenvalue weighted by Crippen LogP contribution is 2.58. The van der Waals surface area contributed by atoms with Crippen molar-refractivity contribution in [2.45, 2.75) is 33.6 Å². The highest BCUT2D eigenvalue weighted by Gasteiger charge is 2.53. The molecule has 15 heavy (non-hydrogen) atoms. The van der Waals surface area contributed by atoms with Gasteiger partial charge in [-0.1, -0.05) is 26.0 Å². The number of rotatable bonds is 3. The molecule has 0 amide bonds. The maximum atomic E-state index is 11.1. The van der Waals surface area contributed by atoms with Crippen LogP contribution < -0.4 is 0 Å². The Hall–Kier alpha value is -0.590. The summed E-state index contributed by atoms with van der Waals surface area (Å²) in [7, 11) is 0. The minimum atomic E-state index is 0.354. The number of allylic oxidation sites excluding steroid dienone is 2. The molecule has 0 saturated heterocycles. The molecule has 1 heteroatoms. The Kier molecular flexibility index (Phi) is 2.99. The van der Waals surface area contributed by atoms with Crippen LogP contribution in [0.15, 0.2) is 12.2 Å². The topological polar surface area (TPSA) is 17.1 Å². The van der Waals surface area contributed by atoms with Gasteiger partial charge in [0, 0.05) is 5.92 Å². The lowest BCUT2D eigenvalue weighted by molar-refractivity contribution is -0.115. The average Bonchev–Trinajstić information content (AvgIpc) is 2.71. The van der Waals surface area contributed by atoms with Crippen molar-refractivity contribution in [3.8, 4) is 0 Å². The number of hydrogen-bond donors (Lipinski definition) is 0. The van der Waals surface area contributed by atoms with Gasteiger partial charge < -0.3 is 4.79 Å². The maximum Gasteiger partial charge on any atom is 0.123 e. The van der Waals surface area contributed by atoms with Crippen LogP contribution in [0.25, 0.3) is 0 Å². The summed E-state index contributed by atoms with van der Waals surface area (Å²) < 4.78 is 0. The molecule has 2 saturated carbocycles. The van der Waals surface area contributed by atoms with Crippen molar-refractivity contribution in [2.75, 3.05) is 0 Å². The zero-order chi connectivity index (χ0) is 11.0. The van der Waals surface area contributed by atoms with E-state index in [1.54, 1.807) is 0 Å². The van der Waals surface area contributed by atoms with Crippen LogP contribution in [0.1, 0.15) is 33.6 Å². The third-order valence-electron chi connectivity index (χ3n) is 5.02. The van der Waals surface area contributed by atoms with E-state index in [9.17, 15) is 4.79 Å². The van der Waals surface area contributed by atoms with Gasteiger partial charge in [-0.25, -0.2) is 0 Å². The van der Waals surface area contributed by atoms with Gasteiger partial charge in [0.2, 0.25) is 0 Å². The molecule has 2 rings (SSSR count). The van der Waals surface area contributed by atoms with Crippen molar-refractivity contribution in [1.29, 1.82) is 0 Å². The molecule has 0 heterocycles. The Labute approximate surface area is 92.9 Å². The van der Waals surface area contributed by atoms with E-state index in [0.29, 0.717) is 17.8 Å². The first kappa shape index (κ1) is 10.9. The first-order chi connectivity index (χ1) is 7.20. The molecule has 6 unspecified atom stereocenters. The molecular formula is C14H22O. The van der Waals surface area contributed by atoms with Gasteiger partial charge in [-0.2, -0.15) is 0 Å². The summed E-state index contributed by atoms with van der Waals surface area (Å²) >= 11 is 0. The van der Waals surface area contributed by atoms with E-state index in [2.05, 4.69) is 32.9 Å². The summed E-state index contributed by atoms with van der Waals surface area (Å²) in [6, 6.07) is 0. The molecule has 2 aliphatic rings. The molecule has 6 atom stereocenters. The number of fused-ring (bicyclic) bond motifs is 2. The van der Waals surface area contributed by atoms with Crippen molar-refractivity contribution in [3.63, 3.8) is 0 Å². The molecule has 2 bridgehead atoms. The molecular weight excluding hydrogens is 184 g/mol. The quantitative estimate of drug-likeness (QED) is 0.511. The summed E-state index contributed by atoms with van der Waals surface area (Å²) in [6.07, 6.45) is 8.19. The van der Waals surface area contributed by atoms with Crippen LogP contribution in [0, 0.1) is 35.5 Å². The maximum absolute atomic E-state index is 11.1. The predicted molar refractivity (Wildman–Crippen MR) is 62.4 cm³/mol. The van der Waals surface area contributed by atoms with E-state index in [1.165, 1.54) is 19.1 Å². The highest BCUT2D eigenvalue weighted by molar-refractivity contribution is 5.56. The van der Waals surface area contributed by atoms with Gasteiger partial charge in [0.1, 0.15) is 6.29 Å². The van der Waals surface area contributed by atoms with Gasteiger partial charge in [-0.15, -0.1) is 0 Å². The largest absolute Gasteiger partial charge is 0.303 e. The van der Waals surface area contributed by atoms with E-state index in [0.717, 1.165) is 17.8 Å². The van der Waals surface area contributed by atoms with Gasteiger partial charge in [0.15, 0.2) is 0 Å². The highest BCUT2D eigenvalue weighted by atomic mass is 16.1. The summed E-state index contributed by atoms with van der Waals surface area (Å²) in [4.78, 5) is 11.1. The fourth-order valence-corrected chi connectivity index (χ4v) is 4.11. The Bertz CT molecular complexity index is 269. The van der Waals surface area contributed by atoms with E-state index in [4.69, 9.17) is 0 Å². The average molecular weight is 206 g/mol. The second kappa shape index (κ2) is 4.11. The number of hydrogen-bond acceptors (Lipinski definition) is 1. The monoisotopic (exact) mass is 206 g/mol. The lowest BCUT2D eigenvalue weighted by Crippen LogP contribution is -2.32. The standard InChI is InChI=1S/C14H22O/c1-4-5-6-11-9(2)13-7-12(11)10(3)14(13)8-15/h4-5,8-14H,6-7H2,1-3H3/b5-4-. The van der Waals surface area contributed by atoms with Crippen LogP contribution in [0.5, 0.6) is 0 Å². The van der Waals surface area contributed by atoms with Crippen LogP contribution in [0.2, 0.25) is 0 Å². The van der Waals surface area contributed by atoms with Gasteiger partial charge in [0.05, 0.1) is 0 Å². The van der Waals surface area contributed by atoms with Gasteiger partial charge in [-0.3, -0.25) is 0 Å². The molecule has 0 spiro atoms. The molecule has 84 valence electrons. The van der Waals surface area contributed by atoms with E-state index >= 15 is 0 Å². The van der Waals surface area contributed by atoms with Crippen LogP contribution in [0.4, 0.5) is 0 Å². The number of aldehydes is 1. The minimum absolute atomic E-state index is 0.354. The zero-order valence-corrected chi connectivity index (χ0v) is 10.0. The third kappa shape index (κ3) is 1.56. The summed E-state index contributed by atoms with van der Waals surface area (Å²) in [6.45, 7) is 6.72. The molecule has 0 radical (unpaired) electrons. The summed E-state index contributed by atoms with van der Waals surface area (Å²) in [5.41, 5.74) is 0. The van der Waals surface area contributed by atoms with Crippen molar-refractivity contribution >= 4 is 6.29 Å². The van der Waals surface area contributed by atoms with Crippen molar-refractivity contribution in [3.05, 3.63) is 12.2 Å². The van der Waals surface area contributed by atoms with Gasteiger partial charge in [0.25, 0.3) is 0 Å². The SMILES string of the molecule is C/C=C\CC1C(C)C2CC1C(C)C2C=O. The molecule has 0 aromatic carbocycles. The summed E-state index contributed by atoms with van der Waals surface area (Å²) in [5.74, 6) is 4.04. The lowest BCUT2D eigenvalue weighted by atomic mass is 9.69. The molecule has 0 aliphatic heterocycles. The molecule has 0 aromatic heterocycles. The van der Waals surface area contributed by atoms with Gasteiger partial charge >= 0.3 is 0 Å². The molecule has 0 N–H and O–H groups in total. The smallest absolute Gasteiger partial charge is 0.123 e. The molecule has 2 fully saturated rings. The van der Waals surface area contributed by atoms with Crippen molar-refractivity contribution in [2.24, 2.45) is 35.5 Å². The van der Waals surface area contributed by atoms with E-state index in [-0.39, 0.29) is 0 Å². The lowest BCUT2D eigenvalue weighted by Gasteiger charge is -2.35. The van der Waals surface area contributed by atoms with Crippen LogP contribution >= 0.6 is 0 Å². The normalized spacial score (nSPS) is 49.0. The van der Waals surface area contributed by atoms with Crippen molar-refractivity contribution in [1.82, 2.24) is 0 Å². The second-order valence-electron chi connectivity index (χ2n) is 5.46. The van der Waals surface area contributed by atoms with E-state index in [1.807, 2.05) is 0 Å². The third-order valence-corrected chi connectivity index (χ3v) is 5.02. The fourth-order valence-electron chi connectivity index (χ4n) is 4.11. The van der Waals surface area contributed by atoms with Crippen LogP contribution in [-0.4, -0.2) is 6.29 Å². The minimum Gasteiger partial charge on any atom is -0.303 e. The number of carbonyl (C=O) groups excluding carboxylic acids is 1. The molecule has 1 nitrogen and oxygen atoms in total. The first-order valence-corrected chi connectivity index (χ1v) is 6.27. The summed E-state index contributed by atoms with van der Waals surface area (Å²) in [5, 5.41) is 0. The zero-order valence-electron chi connectivity index (χ0n) is 10.0. The second-order valence-corrected chi connectivity index (χ2v) is 5.46. The van der Waals surface area contributed by atoms with E-state index < -0.39 is 0 Å². The van der Waals surface area contributed by atoms with Crippen LogP contribution in [0.3, 0.4) is 0 Å². The fraction of sp³-hybridized carbons (Fsp3) is 0.786. The first-order valence-electron chi connectivity index (χ1n) is 6.27. The predicted octanol–water partition coefficient (Wildman–Crippen LogP) is 3.31. The van der Waals surface area contributed by atoms with Crippen molar-refractivity contribution < 1.29 is 4.79 Å². The van der Waals surface area contributed by atoms with Crippen LogP contribution in [-0.2, 0) is 4.79 Å². The Morgan fingerprint density at radius 1 is 1.20 bits per heavy atom. The molecule has 0 aromatic rings. The Morgan fingerprint density at radius 2 is 1.93 bits per heavy atom. The Morgan fingerprint density at radius 3 is 2.53 bits per heavy atom. The molecule has 2 aliphatic carbocycles. The van der Waals surface area contributed by atoms with Gasteiger partial charge in [-0.05, 0) is 49.4 Å². The Balaban J connectivity index is 2.11. The number of carbonyl (C=O) groups is 1.